The third kappa shape index (κ3) is 38.1. The Kier molecular flexibility index (Phi) is 34.6. The standard InChI is InChI=1S/C5H12S3.2C3H8/c1-2-8-4-5(7)3-6;2*1-3-2/h5-7H,2-4H2,1H3;2*3H2,1-2H3. The Hall–Kier alpha value is 1.05. The van der Waals surface area contributed by atoms with Gasteiger partial charge < -0.3 is 0 Å². The van der Waals surface area contributed by atoms with Crippen LogP contribution in [0.25, 0.3) is 0 Å². The van der Waals surface area contributed by atoms with E-state index in [-0.39, 0.29) is 0 Å². The predicted octanol–water partition coefficient (Wildman–Crippen LogP) is 4.80. The molecule has 0 amide bonds. The summed E-state index contributed by atoms with van der Waals surface area (Å²) in [5, 5.41) is 0.475. The van der Waals surface area contributed by atoms with Crippen LogP contribution < -0.4 is 0 Å². The van der Waals surface area contributed by atoms with E-state index in [9.17, 15) is 0 Å². The lowest BCUT2D eigenvalue weighted by molar-refractivity contribution is 1.09. The van der Waals surface area contributed by atoms with Crippen molar-refractivity contribution in [3.05, 3.63) is 0 Å². The lowest BCUT2D eigenvalue weighted by Gasteiger charge is -2.03. The van der Waals surface area contributed by atoms with Crippen LogP contribution >= 0.6 is 37.0 Å². The largest absolute Gasteiger partial charge is 0.178 e. The zero-order valence-corrected chi connectivity index (χ0v) is 13.0. The highest BCUT2D eigenvalue weighted by Gasteiger charge is 1.96. The second-order valence-electron chi connectivity index (χ2n) is 2.91. The first-order valence-corrected chi connectivity index (χ1v) is 7.81. The number of thioether (sulfide) groups is 1. The van der Waals surface area contributed by atoms with E-state index in [0.717, 1.165) is 11.5 Å². The number of hydrogen-bond donors (Lipinski definition) is 2. The molecule has 0 saturated carbocycles. The molecule has 0 heterocycles. The van der Waals surface area contributed by atoms with Crippen molar-refractivity contribution in [2.45, 2.75) is 52.7 Å². The van der Waals surface area contributed by atoms with Crippen LogP contribution in [0.3, 0.4) is 0 Å². The molecule has 0 aliphatic carbocycles. The summed E-state index contributed by atoms with van der Waals surface area (Å²) in [6, 6.07) is 0. The van der Waals surface area contributed by atoms with E-state index in [0.29, 0.717) is 5.25 Å². The van der Waals surface area contributed by atoms with Gasteiger partial charge in [0, 0.05) is 16.8 Å². The van der Waals surface area contributed by atoms with E-state index >= 15 is 0 Å². The summed E-state index contributed by atoms with van der Waals surface area (Å²) in [4.78, 5) is 0. The molecular formula is C11H28S3. The van der Waals surface area contributed by atoms with Crippen LogP contribution in [-0.2, 0) is 0 Å². The second kappa shape index (κ2) is 23.7. The molecule has 0 aromatic rings. The smallest absolute Gasteiger partial charge is 0.0196 e. The Morgan fingerprint density at radius 3 is 1.57 bits per heavy atom. The number of rotatable bonds is 4. The van der Waals surface area contributed by atoms with Crippen molar-refractivity contribution in [3.8, 4) is 0 Å². The SMILES string of the molecule is CCC.CCC.CCSCC(S)CS. The van der Waals surface area contributed by atoms with E-state index in [4.69, 9.17) is 0 Å². The maximum atomic E-state index is 4.27. The molecule has 0 spiro atoms. The first-order valence-electron chi connectivity index (χ1n) is 5.50. The minimum atomic E-state index is 0.475. The van der Waals surface area contributed by atoms with E-state index in [1.54, 1.807) is 0 Å². The number of thiol groups is 2. The van der Waals surface area contributed by atoms with Gasteiger partial charge in [0.2, 0.25) is 0 Å². The third-order valence-corrected chi connectivity index (χ3v) is 3.11. The van der Waals surface area contributed by atoms with Gasteiger partial charge in [-0.3, -0.25) is 0 Å². The van der Waals surface area contributed by atoms with Crippen molar-refractivity contribution >= 4 is 37.0 Å². The van der Waals surface area contributed by atoms with Crippen molar-refractivity contribution in [1.29, 1.82) is 0 Å². The molecule has 1 atom stereocenters. The Morgan fingerprint density at radius 1 is 1.00 bits per heavy atom. The maximum absolute atomic E-state index is 4.27. The Labute approximate surface area is 107 Å². The second-order valence-corrected chi connectivity index (χ2v) is 5.32. The van der Waals surface area contributed by atoms with Gasteiger partial charge in [0.05, 0.1) is 0 Å². The molecule has 90 valence electrons. The first kappa shape index (κ1) is 20.5. The fourth-order valence-electron chi connectivity index (χ4n) is 0.307. The van der Waals surface area contributed by atoms with Gasteiger partial charge in [0.1, 0.15) is 0 Å². The van der Waals surface area contributed by atoms with Crippen LogP contribution in [0.4, 0.5) is 0 Å². The van der Waals surface area contributed by atoms with Crippen LogP contribution in [0.5, 0.6) is 0 Å². The summed E-state index contributed by atoms with van der Waals surface area (Å²) in [6.45, 7) is 10.7. The van der Waals surface area contributed by atoms with Crippen molar-refractivity contribution in [2.75, 3.05) is 17.3 Å². The maximum Gasteiger partial charge on any atom is 0.0196 e. The molecule has 0 aliphatic heterocycles. The van der Waals surface area contributed by atoms with Crippen molar-refractivity contribution < 1.29 is 0 Å². The van der Waals surface area contributed by atoms with Crippen LogP contribution in [0.15, 0.2) is 0 Å². The third-order valence-electron chi connectivity index (χ3n) is 0.725. The Balaban J connectivity index is -0.000000168. The zero-order valence-electron chi connectivity index (χ0n) is 10.4. The molecule has 0 nitrogen and oxygen atoms in total. The quantitative estimate of drug-likeness (QED) is 0.681. The van der Waals surface area contributed by atoms with Crippen molar-refractivity contribution in [3.63, 3.8) is 0 Å². The molecule has 0 radical (unpaired) electrons. The fraction of sp³-hybridized carbons (Fsp3) is 1.00. The lowest BCUT2D eigenvalue weighted by atomic mass is 10.6. The molecule has 3 heteroatoms. The molecule has 0 aliphatic rings. The van der Waals surface area contributed by atoms with E-state index < -0.39 is 0 Å². The van der Waals surface area contributed by atoms with Crippen LogP contribution in [0.1, 0.15) is 47.5 Å². The summed E-state index contributed by atoms with van der Waals surface area (Å²) in [6.07, 6.45) is 2.50. The summed E-state index contributed by atoms with van der Waals surface area (Å²) in [7, 11) is 0. The molecule has 0 saturated heterocycles. The van der Waals surface area contributed by atoms with Crippen LogP contribution in [-0.4, -0.2) is 22.5 Å². The fourth-order valence-corrected chi connectivity index (χ4v) is 1.55. The normalized spacial score (nSPS) is 10.5. The summed E-state index contributed by atoms with van der Waals surface area (Å²) in [5.41, 5.74) is 0. The summed E-state index contributed by atoms with van der Waals surface area (Å²) >= 11 is 10.3. The van der Waals surface area contributed by atoms with Gasteiger partial charge in [-0.05, 0) is 5.75 Å². The van der Waals surface area contributed by atoms with Gasteiger partial charge >= 0.3 is 0 Å². The van der Waals surface area contributed by atoms with E-state index in [1.165, 1.54) is 18.6 Å². The molecule has 0 rings (SSSR count). The zero-order chi connectivity index (χ0) is 11.8. The Bertz CT molecular complexity index is 65.6. The highest BCUT2D eigenvalue weighted by molar-refractivity contribution is 8.00. The van der Waals surface area contributed by atoms with Crippen LogP contribution in [0, 0.1) is 0 Å². The van der Waals surface area contributed by atoms with Gasteiger partial charge in [0.25, 0.3) is 0 Å². The molecule has 1 unspecified atom stereocenters. The molecule has 0 bridgehead atoms. The van der Waals surface area contributed by atoms with Crippen molar-refractivity contribution in [1.82, 2.24) is 0 Å². The average molecular weight is 257 g/mol. The molecule has 0 fully saturated rings. The van der Waals surface area contributed by atoms with Gasteiger partial charge in [-0.1, -0.05) is 47.5 Å². The first-order chi connectivity index (χ1) is 6.64. The lowest BCUT2D eigenvalue weighted by Crippen LogP contribution is -2.03. The summed E-state index contributed by atoms with van der Waals surface area (Å²) < 4.78 is 0. The monoisotopic (exact) mass is 256 g/mol. The number of hydrogen-bond acceptors (Lipinski definition) is 3. The van der Waals surface area contributed by atoms with Gasteiger partial charge in [-0.2, -0.15) is 37.0 Å². The van der Waals surface area contributed by atoms with Gasteiger partial charge in [-0.15, -0.1) is 0 Å². The molecule has 0 aromatic carbocycles. The van der Waals surface area contributed by atoms with Crippen molar-refractivity contribution in [2.24, 2.45) is 0 Å². The molecule has 14 heavy (non-hydrogen) atoms. The highest BCUT2D eigenvalue weighted by Crippen LogP contribution is 2.07. The molecule has 0 N–H and O–H groups in total. The molecule has 0 aromatic heterocycles. The van der Waals surface area contributed by atoms with E-state index in [2.05, 4.69) is 59.9 Å². The van der Waals surface area contributed by atoms with Gasteiger partial charge in [0.15, 0.2) is 0 Å². The topological polar surface area (TPSA) is 0 Å². The minimum absolute atomic E-state index is 0.475. The Morgan fingerprint density at radius 2 is 1.36 bits per heavy atom. The average Bonchev–Trinajstić information content (AvgIpc) is 2.16. The predicted molar refractivity (Wildman–Crippen MR) is 81.6 cm³/mol. The van der Waals surface area contributed by atoms with Gasteiger partial charge in [-0.25, -0.2) is 0 Å². The highest BCUT2D eigenvalue weighted by atomic mass is 32.2. The summed E-state index contributed by atoms with van der Waals surface area (Å²) in [5.74, 6) is 3.20. The van der Waals surface area contributed by atoms with Crippen LogP contribution in [0.2, 0.25) is 0 Å². The minimum Gasteiger partial charge on any atom is -0.178 e. The van der Waals surface area contributed by atoms with E-state index in [1.807, 2.05) is 11.8 Å². The molecular weight excluding hydrogens is 228 g/mol.